The van der Waals surface area contributed by atoms with E-state index in [2.05, 4.69) is 11.2 Å². The number of aromatic carboxylic acids is 1. The SMILES string of the molecule is C#CCCCNC(=O)N(C)c1ccccc1C(=O)O. The molecular weight excluding hydrogens is 244 g/mol. The van der Waals surface area contributed by atoms with Gasteiger partial charge >= 0.3 is 12.0 Å². The summed E-state index contributed by atoms with van der Waals surface area (Å²) in [6, 6.07) is 5.99. The molecule has 0 unspecified atom stereocenters. The van der Waals surface area contributed by atoms with Crippen LogP contribution in [-0.4, -0.2) is 30.7 Å². The van der Waals surface area contributed by atoms with Crippen molar-refractivity contribution in [3.63, 3.8) is 0 Å². The van der Waals surface area contributed by atoms with E-state index < -0.39 is 5.97 Å². The fraction of sp³-hybridized carbons (Fsp3) is 0.286. The molecule has 0 aliphatic rings. The Morgan fingerprint density at radius 2 is 2.11 bits per heavy atom. The largest absolute Gasteiger partial charge is 0.478 e. The van der Waals surface area contributed by atoms with Crippen LogP contribution in [0.3, 0.4) is 0 Å². The Hall–Kier alpha value is -2.48. The molecule has 0 saturated carbocycles. The monoisotopic (exact) mass is 260 g/mol. The number of nitrogens with one attached hydrogen (secondary N) is 1. The normalized spacial score (nSPS) is 9.47. The average molecular weight is 260 g/mol. The molecule has 0 atom stereocenters. The number of carbonyl (C=O) groups excluding carboxylic acids is 1. The number of terminal acetylenes is 1. The molecule has 2 amide bonds. The minimum atomic E-state index is -1.07. The zero-order valence-corrected chi connectivity index (χ0v) is 10.7. The molecule has 0 radical (unpaired) electrons. The number of benzene rings is 1. The first-order chi connectivity index (χ1) is 9.07. The number of anilines is 1. The van der Waals surface area contributed by atoms with Crippen molar-refractivity contribution in [2.45, 2.75) is 12.8 Å². The molecule has 2 N–H and O–H groups in total. The number of hydrogen-bond acceptors (Lipinski definition) is 2. The van der Waals surface area contributed by atoms with Crippen molar-refractivity contribution in [1.29, 1.82) is 0 Å². The smallest absolute Gasteiger partial charge is 0.337 e. The van der Waals surface area contributed by atoms with Gasteiger partial charge in [0.1, 0.15) is 0 Å². The van der Waals surface area contributed by atoms with E-state index in [4.69, 9.17) is 11.5 Å². The number of carbonyl (C=O) groups is 2. The van der Waals surface area contributed by atoms with E-state index in [0.717, 1.165) is 0 Å². The molecule has 0 aliphatic heterocycles. The lowest BCUT2D eigenvalue weighted by molar-refractivity contribution is 0.0697. The number of para-hydroxylation sites is 1. The summed E-state index contributed by atoms with van der Waals surface area (Å²) < 4.78 is 0. The minimum Gasteiger partial charge on any atom is -0.478 e. The van der Waals surface area contributed by atoms with E-state index in [9.17, 15) is 9.59 Å². The van der Waals surface area contributed by atoms with E-state index in [1.165, 1.54) is 18.0 Å². The van der Waals surface area contributed by atoms with Gasteiger partial charge in [0.05, 0.1) is 11.3 Å². The second-order valence-corrected chi connectivity index (χ2v) is 3.92. The lowest BCUT2D eigenvalue weighted by Crippen LogP contribution is -2.38. The van der Waals surface area contributed by atoms with E-state index in [1.54, 1.807) is 18.2 Å². The van der Waals surface area contributed by atoms with Crippen LogP contribution in [0, 0.1) is 12.3 Å². The van der Waals surface area contributed by atoms with Crippen LogP contribution in [0.25, 0.3) is 0 Å². The van der Waals surface area contributed by atoms with Crippen molar-refractivity contribution in [2.75, 3.05) is 18.5 Å². The lowest BCUT2D eigenvalue weighted by atomic mass is 10.1. The van der Waals surface area contributed by atoms with E-state index in [-0.39, 0.29) is 11.6 Å². The molecule has 100 valence electrons. The molecule has 5 nitrogen and oxygen atoms in total. The second kappa shape index (κ2) is 7.07. The average Bonchev–Trinajstić information content (AvgIpc) is 2.42. The first-order valence-electron chi connectivity index (χ1n) is 5.85. The van der Waals surface area contributed by atoms with Crippen molar-refractivity contribution in [2.24, 2.45) is 0 Å². The van der Waals surface area contributed by atoms with Crippen molar-refractivity contribution < 1.29 is 14.7 Å². The van der Waals surface area contributed by atoms with Gasteiger partial charge in [0.2, 0.25) is 0 Å². The molecule has 0 saturated heterocycles. The molecule has 1 aromatic rings. The van der Waals surface area contributed by atoms with E-state index >= 15 is 0 Å². The third-order valence-corrected chi connectivity index (χ3v) is 2.57. The fourth-order valence-electron chi connectivity index (χ4n) is 1.56. The second-order valence-electron chi connectivity index (χ2n) is 3.92. The molecule has 5 heteroatoms. The van der Waals surface area contributed by atoms with E-state index in [0.29, 0.717) is 25.1 Å². The van der Waals surface area contributed by atoms with Crippen molar-refractivity contribution in [3.05, 3.63) is 29.8 Å². The van der Waals surface area contributed by atoms with Crippen LogP contribution in [0.5, 0.6) is 0 Å². The number of urea groups is 1. The van der Waals surface area contributed by atoms with Crippen LogP contribution < -0.4 is 10.2 Å². The summed E-state index contributed by atoms with van der Waals surface area (Å²) >= 11 is 0. The third kappa shape index (κ3) is 4.03. The number of unbranched alkanes of at least 4 members (excludes halogenated alkanes) is 1. The van der Waals surface area contributed by atoms with Crippen LogP contribution in [0.1, 0.15) is 23.2 Å². The molecule has 0 bridgehead atoms. The van der Waals surface area contributed by atoms with Gasteiger partial charge in [-0.1, -0.05) is 12.1 Å². The van der Waals surface area contributed by atoms with Crippen molar-refractivity contribution >= 4 is 17.7 Å². The zero-order chi connectivity index (χ0) is 14.3. The number of amides is 2. The number of nitrogens with zero attached hydrogens (tertiary/aromatic N) is 1. The Morgan fingerprint density at radius 3 is 2.74 bits per heavy atom. The Morgan fingerprint density at radius 1 is 1.42 bits per heavy atom. The summed E-state index contributed by atoms with van der Waals surface area (Å²) in [5.41, 5.74) is 0.438. The van der Waals surface area contributed by atoms with Gasteiger partial charge in [-0.05, 0) is 18.6 Å². The predicted molar refractivity (Wildman–Crippen MR) is 73.3 cm³/mol. The molecule has 19 heavy (non-hydrogen) atoms. The highest BCUT2D eigenvalue weighted by Gasteiger charge is 2.17. The maximum atomic E-state index is 11.9. The number of rotatable bonds is 5. The van der Waals surface area contributed by atoms with Crippen LogP contribution in [-0.2, 0) is 0 Å². The fourth-order valence-corrected chi connectivity index (χ4v) is 1.56. The Bertz CT molecular complexity index is 506. The highest BCUT2D eigenvalue weighted by atomic mass is 16.4. The molecule has 1 rings (SSSR count). The number of hydrogen-bond donors (Lipinski definition) is 2. The molecule has 1 aromatic carbocycles. The van der Waals surface area contributed by atoms with Gasteiger partial charge in [0, 0.05) is 20.0 Å². The summed E-state index contributed by atoms with van der Waals surface area (Å²) in [5.74, 6) is 1.42. The first-order valence-corrected chi connectivity index (χ1v) is 5.85. The number of carboxylic acids is 1. The van der Waals surface area contributed by atoms with Crippen molar-refractivity contribution in [3.8, 4) is 12.3 Å². The van der Waals surface area contributed by atoms with Gasteiger partial charge in [-0.25, -0.2) is 9.59 Å². The number of carboxylic acid groups (broad SMARTS) is 1. The molecular formula is C14H16N2O3. The molecule has 0 spiro atoms. The highest BCUT2D eigenvalue weighted by Crippen LogP contribution is 2.19. The van der Waals surface area contributed by atoms with Crippen LogP contribution in [0.15, 0.2) is 24.3 Å². The van der Waals surface area contributed by atoms with Gasteiger partial charge in [-0.3, -0.25) is 4.90 Å². The highest BCUT2D eigenvalue weighted by molar-refractivity contribution is 6.01. The van der Waals surface area contributed by atoms with Crippen molar-refractivity contribution in [1.82, 2.24) is 5.32 Å². The maximum absolute atomic E-state index is 11.9. The summed E-state index contributed by atoms with van der Waals surface area (Å²) in [5, 5.41) is 11.7. The summed E-state index contributed by atoms with van der Waals surface area (Å²) in [6.45, 7) is 0.461. The van der Waals surface area contributed by atoms with Gasteiger partial charge in [0.15, 0.2) is 0 Å². The lowest BCUT2D eigenvalue weighted by Gasteiger charge is -2.19. The quantitative estimate of drug-likeness (QED) is 0.628. The van der Waals surface area contributed by atoms with Crippen LogP contribution in [0.4, 0.5) is 10.5 Å². The zero-order valence-electron chi connectivity index (χ0n) is 10.7. The first kappa shape index (κ1) is 14.6. The van der Waals surface area contributed by atoms with Crippen LogP contribution >= 0.6 is 0 Å². The maximum Gasteiger partial charge on any atom is 0.337 e. The standard InChI is InChI=1S/C14H16N2O3/c1-3-4-7-10-15-14(19)16(2)12-9-6-5-8-11(12)13(17)18/h1,5-6,8-9H,4,7,10H2,2H3,(H,15,19)(H,17,18). The van der Waals surface area contributed by atoms with Gasteiger partial charge in [-0.2, -0.15) is 0 Å². The van der Waals surface area contributed by atoms with Gasteiger partial charge < -0.3 is 10.4 Å². The Kier molecular flexibility index (Phi) is 5.42. The summed E-state index contributed by atoms with van der Waals surface area (Å²) in [4.78, 5) is 24.2. The van der Waals surface area contributed by atoms with Crippen LogP contribution in [0.2, 0.25) is 0 Å². The molecule has 0 aliphatic carbocycles. The van der Waals surface area contributed by atoms with E-state index in [1.807, 2.05) is 0 Å². The molecule has 0 fully saturated rings. The Labute approximate surface area is 112 Å². The minimum absolute atomic E-state index is 0.0868. The Balaban J connectivity index is 2.72. The topological polar surface area (TPSA) is 69.6 Å². The predicted octanol–water partition coefficient (Wildman–Crippen LogP) is 1.94. The third-order valence-electron chi connectivity index (χ3n) is 2.57. The molecule has 0 heterocycles. The molecule has 0 aromatic heterocycles. The van der Waals surface area contributed by atoms with Gasteiger partial charge in [-0.15, -0.1) is 12.3 Å². The van der Waals surface area contributed by atoms with Gasteiger partial charge in [0.25, 0.3) is 0 Å². The summed E-state index contributed by atoms with van der Waals surface area (Å²) in [6.07, 6.45) is 6.40. The summed E-state index contributed by atoms with van der Waals surface area (Å²) in [7, 11) is 1.53.